The summed E-state index contributed by atoms with van der Waals surface area (Å²) >= 11 is 3.38. The van der Waals surface area contributed by atoms with Crippen LogP contribution in [-0.4, -0.2) is 9.13 Å². The Hall–Kier alpha value is -1.29. The van der Waals surface area contributed by atoms with Gasteiger partial charge in [0.25, 0.3) is 0 Å². The van der Waals surface area contributed by atoms with Crippen molar-refractivity contribution in [3.63, 3.8) is 0 Å². The molecule has 2 aromatic rings. The fourth-order valence-electron chi connectivity index (χ4n) is 1.42. The highest BCUT2D eigenvalue weighted by Crippen LogP contribution is 2.10. The summed E-state index contributed by atoms with van der Waals surface area (Å²) in [5, 5.41) is 0. The molecule has 15 heavy (non-hydrogen) atoms. The number of nitrogens with zero attached hydrogens (tertiary/aromatic N) is 2. The molecule has 3 nitrogen and oxygen atoms in total. The molecule has 2 rings (SSSR count). The normalized spacial score (nSPS) is 10.5. The Bertz CT molecular complexity index is 510. The molecule has 0 atom stereocenters. The molecule has 0 radical (unpaired) electrons. The SMILES string of the molecule is Cn1ccn(Cc2ccc(Br)cc2)c1=O. The van der Waals surface area contributed by atoms with Gasteiger partial charge in [-0.05, 0) is 17.7 Å². The van der Waals surface area contributed by atoms with Gasteiger partial charge in [0, 0.05) is 23.9 Å². The van der Waals surface area contributed by atoms with E-state index >= 15 is 0 Å². The summed E-state index contributed by atoms with van der Waals surface area (Å²) in [6, 6.07) is 7.96. The van der Waals surface area contributed by atoms with Crippen molar-refractivity contribution in [1.82, 2.24) is 9.13 Å². The molecule has 78 valence electrons. The second-order valence-electron chi connectivity index (χ2n) is 3.45. The number of rotatable bonds is 2. The van der Waals surface area contributed by atoms with E-state index in [1.807, 2.05) is 24.3 Å². The van der Waals surface area contributed by atoms with E-state index in [1.165, 1.54) is 0 Å². The van der Waals surface area contributed by atoms with Crippen molar-refractivity contribution in [2.24, 2.45) is 7.05 Å². The number of aromatic nitrogens is 2. The zero-order valence-corrected chi connectivity index (χ0v) is 9.94. The minimum atomic E-state index is 0.0120. The molecule has 0 unspecified atom stereocenters. The first-order valence-electron chi connectivity index (χ1n) is 4.63. The molecule has 0 aliphatic carbocycles. The van der Waals surface area contributed by atoms with Gasteiger partial charge in [-0.1, -0.05) is 28.1 Å². The topological polar surface area (TPSA) is 26.9 Å². The average Bonchev–Trinajstić information content (AvgIpc) is 2.53. The van der Waals surface area contributed by atoms with E-state index in [9.17, 15) is 4.79 Å². The van der Waals surface area contributed by atoms with Crippen LogP contribution in [0.15, 0.2) is 45.9 Å². The van der Waals surface area contributed by atoms with Crippen molar-refractivity contribution in [3.05, 3.63) is 57.2 Å². The number of halogens is 1. The lowest BCUT2D eigenvalue weighted by molar-refractivity contribution is 0.717. The maximum Gasteiger partial charge on any atom is 0.328 e. The molecule has 1 aromatic carbocycles. The van der Waals surface area contributed by atoms with Crippen LogP contribution < -0.4 is 5.69 Å². The molecule has 0 saturated heterocycles. The molecule has 0 aliphatic heterocycles. The van der Waals surface area contributed by atoms with Crippen LogP contribution in [-0.2, 0) is 13.6 Å². The first-order chi connectivity index (χ1) is 7.16. The van der Waals surface area contributed by atoms with Crippen molar-refractivity contribution >= 4 is 15.9 Å². The second-order valence-corrected chi connectivity index (χ2v) is 4.36. The van der Waals surface area contributed by atoms with Crippen LogP contribution >= 0.6 is 15.9 Å². The van der Waals surface area contributed by atoms with Crippen LogP contribution in [0.1, 0.15) is 5.56 Å². The van der Waals surface area contributed by atoms with Gasteiger partial charge in [0.15, 0.2) is 0 Å². The maximum atomic E-state index is 11.6. The smallest absolute Gasteiger partial charge is 0.302 e. The zero-order valence-electron chi connectivity index (χ0n) is 8.35. The van der Waals surface area contributed by atoms with Gasteiger partial charge in [0.05, 0.1) is 6.54 Å². The van der Waals surface area contributed by atoms with Gasteiger partial charge in [-0.15, -0.1) is 0 Å². The van der Waals surface area contributed by atoms with Gasteiger partial charge in [-0.25, -0.2) is 4.79 Å². The molecular weight excluding hydrogens is 256 g/mol. The Morgan fingerprint density at radius 2 is 1.87 bits per heavy atom. The van der Waals surface area contributed by atoms with Gasteiger partial charge < -0.3 is 4.57 Å². The second kappa shape index (κ2) is 4.06. The predicted molar refractivity (Wildman–Crippen MR) is 62.9 cm³/mol. The molecule has 0 saturated carbocycles. The molecule has 1 heterocycles. The Balaban J connectivity index is 2.26. The van der Waals surface area contributed by atoms with Crippen molar-refractivity contribution in [1.29, 1.82) is 0 Å². The Morgan fingerprint density at radius 1 is 1.20 bits per heavy atom. The molecule has 0 N–H and O–H groups in total. The van der Waals surface area contributed by atoms with Crippen LogP contribution in [0.25, 0.3) is 0 Å². The Morgan fingerprint density at radius 3 is 2.40 bits per heavy atom. The molecule has 0 fully saturated rings. The van der Waals surface area contributed by atoms with E-state index in [4.69, 9.17) is 0 Å². The molecule has 0 bridgehead atoms. The minimum Gasteiger partial charge on any atom is -0.302 e. The van der Waals surface area contributed by atoms with Crippen LogP contribution in [0.5, 0.6) is 0 Å². The summed E-state index contributed by atoms with van der Waals surface area (Å²) in [4.78, 5) is 11.6. The summed E-state index contributed by atoms with van der Waals surface area (Å²) in [6.45, 7) is 0.618. The molecular formula is C11H11BrN2O. The first-order valence-corrected chi connectivity index (χ1v) is 5.42. The Kier molecular flexibility index (Phi) is 2.77. The fourth-order valence-corrected chi connectivity index (χ4v) is 1.68. The average molecular weight is 267 g/mol. The molecule has 1 aromatic heterocycles. The summed E-state index contributed by atoms with van der Waals surface area (Å²) in [6.07, 6.45) is 3.56. The van der Waals surface area contributed by atoms with E-state index < -0.39 is 0 Å². The molecule has 0 amide bonds. The summed E-state index contributed by atoms with van der Waals surface area (Å²) in [5.74, 6) is 0. The fraction of sp³-hybridized carbons (Fsp3) is 0.182. The van der Waals surface area contributed by atoms with Gasteiger partial charge in [0.2, 0.25) is 0 Å². The van der Waals surface area contributed by atoms with E-state index in [2.05, 4.69) is 15.9 Å². The van der Waals surface area contributed by atoms with E-state index in [-0.39, 0.29) is 5.69 Å². The third-order valence-electron chi connectivity index (χ3n) is 2.28. The van der Waals surface area contributed by atoms with Crippen molar-refractivity contribution < 1.29 is 0 Å². The Labute approximate surface area is 96.1 Å². The largest absolute Gasteiger partial charge is 0.328 e. The third-order valence-corrected chi connectivity index (χ3v) is 2.81. The molecule has 0 aliphatic rings. The van der Waals surface area contributed by atoms with Gasteiger partial charge >= 0.3 is 5.69 Å². The zero-order chi connectivity index (χ0) is 10.8. The van der Waals surface area contributed by atoms with Gasteiger partial charge in [-0.2, -0.15) is 0 Å². The number of hydrogen-bond acceptors (Lipinski definition) is 1. The number of aryl methyl sites for hydroxylation is 1. The van der Waals surface area contributed by atoms with E-state index in [1.54, 1.807) is 28.6 Å². The quantitative estimate of drug-likeness (QED) is 0.817. The summed E-state index contributed by atoms with van der Waals surface area (Å²) in [7, 11) is 1.75. The third kappa shape index (κ3) is 2.21. The van der Waals surface area contributed by atoms with Crippen molar-refractivity contribution in [2.45, 2.75) is 6.54 Å². The van der Waals surface area contributed by atoms with Crippen LogP contribution in [0.2, 0.25) is 0 Å². The van der Waals surface area contributed by atoms with Crippen molar-refractivity contribution in [3.8, 4) is 0 Å². The highest BCUT2D eigenvalue weighted by molar-refractivity contribution is 9.10. The number of benzene rings is 1. The van der Waals surface area contributed by atoms with Crippen LogP contribution in [0.3, 0.4) is 0 Å². The monoisotopic (exact) mass is 266 g/mol. The van der Waals surface area contributed by atoms with Crippen LogP contribution in [0.4, 0.5) is 0 Å². The standard InChI is InChI=1S/C11H11BrN2O/c1-13-6-7-14(11(13)15)8-9-2-4-10(12)5-3-9/h2-7H,8H2,1H3. The summed E-state index contributed by atoms with van der Waals surface area (Å²) < 4.78 is 4.30. The highest BCUT2D eigenvalue weighted by atomic mass is 79.9. The van der Waals surface area contributed by atoms with Gasteiger partial charge in [0.1, 0.15) is 0 Å². The number of imidazole rings is 1. The lowest BCUT2D eigenvalue weighted by atomic mass is 10.2. The summed E-state index contributed by atoms with van der Waals surface area (Å²) in [5.41, 5.74) is 1.13. The van der Waals surface area contributed by atoms with Gasteiger partial charge in [-0.3, -0.25) is 4.57 Å². The lowest BCUT2D eigenvalue weighted by Crippen LogP contribution is -2.22. The maximum absolute atomic E-state index is 11.6. The minimum absolute atomic E-state index is 0.0120. The highest BCUT2D eigenvalue weighted by Gasteiger charge is 2.00. The van der Waals surface area contributed by atoms with Crippen LogP contribution in [0, 0.1) is 0 Å². The number of hydrogen-bond donors (Lipinski definition) is 0. The van der Waals surface area contributed by atoms with Crippen molar-refractivity contribution in [2.75, 3.05) is 0 Å². The molecule has 0 spiro atoms. The lowest BCUT2D eigenvalue weighted by Gasteiger charge is -2.01. The van der Waals surface area contributed by atoms with E-state index in [0.29, 0.717) is 6.54 Å². The molecule has 4 heteroatoms. The first kappa shape index (κ1) is 10.2. The van der Waals surface area contributed by atoms with E-state index in [0.717, 1.165) is 10.0 Å². The predicted octanol–water partition coefficient (Wildman–Crippen LogP) is 2.00.